The van der Waals surface area contributed by atoms with Gasteiger partial charge in [-0.15, -0.1) is 0 Å². The van der Waals surface area contributed by atoms with Crippen molar-refractivity contribution in [2.24, 2.45) is 0 Å². The minimum absolute atomic E-state index is 0.0220. The van der Waals surface area contributed by atoms with Crippen LogP contribution in [0.1, 0.15) is 30.1 Å². The Kier molecular flexibility index (Phi) is 5.05. The van der Waals surface area contributed by atoms with Crippen molar-refractivity contribution in [2.75, 3.05) is 12.4 Å². The van der Waals surface area contributed by atoms with E-state index < -0.39 is 5.97 Å². The smallest absolute Gasteiger partial charge is 0.337 e. The Morgan fingerprint density at radius 3 is 2.22 bits per heavy atom. The molecule has 0 atom stereocenters. The molecule has 18 heavy (non-hydrogen) atoms. The predicted molar refractivity (Wildman–Crippen MR) is 66.3 cm³/mol. The quantitative estimate of drug-likeness (QED) is 0.807. The number of carbonyl (C=O) groups is 3. The van der Waals surface area contributed by atoms with E-state index in [1.807, 2.05) is 0 Å². The highest BCUT2D eigenvalue weighted by molar-refractivity contribution is 5.94. The first kappa shape index (κ1) is 13.9. The number of ether oxygens (including phenoxy) is 1. The zero-order chi connectivity index (χ0) is 13.5. The Balaban J connectivity index is 2.55. The molecule has 1 aromatic carbocycles. The van der Waals surface area contributed by atoms with Gasteiger partial charge in [-0.3, -0.25) is 4.79 Å². The Labute approximate surface area is 105 Å². The second-order valence-electron chi connectivity index (χ2n) is 3.82. The first-order valence-corrected chi connectivity index (χ1v) is 5.50. The van der Waals surface area contributed by atoms with Crippen LogP contribution in [0.4, 0.5) is 5.69 Å². The normalized spacial score (nSPS) is 9.67. The number of hydrogen-bond donors (Lipinski definition) is 1. The van der Waals surface area contributed by atoms with Crippen LogP contribution in [0.5, 0.6) is 0 Å². The summed E-state index contributed by atoms with van der Waals surface area (Å²) in [6.45, 7) is 1.44. The number of ketones is 1. The van der Waals surface area contributed by atoms with Crippen LogP contribution >= 0.6 is 0 Å². The zero-order valence-corrected chi connectivity index (χ0v) is 10.4. The average Bonchev–Trinajstić information content (AvgIpc) is 2.36. The number of methoxy groups -OCH3 is 1. The summed E-state index contributed by atoms with van der Waals surface area (Å²) in [6.07, 6.45) is 0.389. The molecule has 0 saturated carbocycles. The molecule has 0 heterocycles. The average molecular weight is 249 g/mol. The van der Waals surface area contributed by atoms with Gasteiger partial charge in [0.05, 0.1) is 12.7 Å². The second-order valence-corrected chi connectivity index (χ2v) is 3.82. The maximum absolute atomic E-state index is 11.4. The number of anilines is 1. The summed E-state index contributed by atoms with van der Waals surface area (Å²) < 4.78 is 4.56. The van der Waals surface area contributed by atoms with E-state index >= 15 is 0 Å². The molecule has 1 amide bonds. The molecule has 5 nitrogen and oxygen atoms in total. The number of nitrogens with one attached hydrogen (secondary N) is 1. The fraction of sp³-hybridized carbons (Fsp3) is 0.308. The maximum atomic E-state index is 11.4. The van der Waals surface area contributed by atoms with E-state index in [1.54, 1.807) is 24.3 Å². The fourth-order valence-corrected chi connectivity index (χ4v) is 1.32. The molecule has 0 fully saturated rings. The lowest BCUT2D eigenvalue weighted by atomic mass is 10.2. The van der Waals surface area contributed by atoms with E-state index in [9.17, 15) is 14.4 Å². The Hall–Kier alpha value is -2.17. The van der Waals surface area contributed by atoms with Crippen LogP contribution in [0.25, 0.3) is 0 Å². The standard InChI is InChI=1S/C13H15NO4/c1-9(15)3-8-12(16)14-11-6-4-10(5-7-11)13(17)18-2/h4-7H,3,8H2,1-2H3,(H,14,16). The van der Waals surface area contributed by atoms with Gasteiger partial charge >= 0.3 is 5.97 Å². The first-order chi connectivity index (χ1) is 8.52. The molecule has 1 aromatic rings. The molecule has 5 heteroatoms. The van der Waals surface area contributed by atoms with Crippen molar-refractivity contribution >= 4 is 23.3 Å². The predicted octanol–water partition coefficient (Wildman–Crippen LogP) is 1.78. The van der Waals surface area contributed by atoms with E-state index in [1.165, 1.54) is 14.0 Å². The van der Waals surface area contributed by atoms with Gasteiger partial charge in [0.2, 0.25) is 5.91 Å². The molecule has 0 radical (unpaired) electrons. The molecule has 1 rings (SSSR count). The Morgan fingerprint density at radius 1 is 1.11 bits per heavy atom. The van der Waals surface area contributed by atoms with Gasteiger partial charge in [-0.1, -0.05) is 0 Å². The molecular weight excluding hydrogens is 234 g/mol. The third-order valence-corrected chi connectivity index (χ3v) is 2.29. The van der Waals surface area contributed by atoms with E-state index in [2.05, 4.69) is 10.1 Å². The highest BCUT2D eigenvalue weighted by Gasteiger charge is 2.06. The lowest BCUT2D eigenvalue weighted by Gasteiger charge is -2.05. The van der Waals surface area contributed by atoms with Gasteiger partial charge in [-0.05, 0) is 31.2 Å². The summed E-state index contributed by atoms with van der Waals surface area (Å²) in [6, 6.07) is 6.34. The number of rotatable bonds is 5. The maximum Gasteiger partial charge on any atom is 0.337 e. The van der Waals surface area contributed by atoms with Gasteiger partial charge in [0.15, 0.2) is 0 Å². The van der Waals surface area contributed by atoms with Crippen molar-refractivity contribution in [3.8, 4) is 0 Å². The van der Waals surface area contributed by atoms with Crippen LogP contribution in [0, 0.1) is 0 Å². The third kappa shape index (κ3) is 4.37. The molecule has 96 valence electrons. The topological polar surface area (TPSA) is 72.5 Å². The van der Waals surface area contributed by atoms with Gasteiger partial charge < -0.3 is 14.8 Å². The lowest BCUT2D eigenvalue weighted by molar-refractivity contribution is -0.121. The monoisotopic (exact) mass is 249 g/mol. The van der Waals surface area contributed by atoms with Gasteiger partial charge in [0.25, 0.3) is 0 Å². The van der Waals surface area contributed by atoms with E-state index in [4.69, 9.17) is 0 Å². The van der Waals surface area contributed by atoms with Crippen molar-refractivity contribution in [1.82, 2.24) is 0 Å². The van der Waals surface area contributed by atoms with Gasteiger partial charge in [-0.2, -0.15) is 0 Å². The third-order valence-electron chi connectivity index (χ3n) is 2.29. The minimum atomic E-state index is -0.426. The van der Waals surface area contributed by atoms with Crippen molar-refractivity contribution in [1.29, 1.82) is 0 Å². The highest BCUT2D eigenvalue weighted by Crippen LogP contribution is 2.11. The molecule has 0 bridgehead atoms. The molecule has 0 aliphatic carbocycles. The van der Waals surface area contributed by atoms with Gasteiger partial charge in [0.1, 0.15) is 5.78 Å². The van der Waals surface area contributed by atoms with Crippen LogP contribution < -0.4 is 5.32 Å². The van der Waals surface area contributed by atoms with Gasteiger partial charge in [-0.25, -0.2) is 4.79 Å². The molecular formula is C13H15NO4. The molecule has 0 aromatic heterocycles. The number of carbonyl (C=O) groups excluding carboxylic acids is 3. The van der Waals surface area contributed by atoms with Crippen molar-refractivity contribution in [3.63, 3.8) is 0 Å². The SMILES string of the molecule is COC(=O)c1ccc(NC(=O)CCC(C)=O)cc1. The van der Waals surface area contributed by atoms with Crippen LogP contribution in [0.15, 0.2) is 24.3 Å². The summed E-state index contributed by atoms with van der Waals surface area (Å²) in [5.41, 5.74) is 0.996. The molecule has 0 aliphatic rings. The number of amides is 1. The van der Waals surface area contributed by atoms with E-state index in [0.29, 0.717) is 11.3 Å². The summed E-state index contributed by atoms with van der Waals surface area (Å²) >= 11 is 0. The first-order valence-electron chi connectivity index (χ1n) is 5.50. The molecule has 0 aliphatic heterocycles. The number of Topliss-reactive ketones (excluding diaryl/α,β-unsaturated/α-hetero) is 1. The number of benzene rings is 1. The summed E-state index contributed by atoms with van der Waals surface area (Å²) in [7, 11) is 1.31. The van der Waals surface area contributed by atoms with Crippen molar-refractivity contribution in [3.05, 3.63) is 29.8 Å². The van der Waals surface area contributed by atoms with E-state index in [-0.39, 0.29) is 24.5 Å². The zero-order valence-electron chi connectivity index (χ0n) is 10.4. The Bertz CT molecular complexity index is 451. The summed E-state index contributed by atoms with van der Waals surface area (Å²) in [5.74, 6) is -0.674. The van der Waals surface area contributed by atoms with Crippen LogP contribution in [-0.2, 0) is 14.3 Å². The number of esters is 1. The summed E-state index contributed by atoms with van der Waals surface area (Å²) in [4.78, 5) is 33.3. The van der Waals surface area contributed by atoms with Crippen molar-refractivity contribution < 1.29 is 19.1 Å². The Morgan fingerprint density at radius 2 is 1.72 bits per heavy atom. The highest BCUT2D eigenvalue weighted by atomic mass is 16.5. The van der Waals surface area contributed by atoms with Crippen LogP contribution in [0.2, 0.25) is 0 Å². The largest absolute Gasteiger partial charge is 0.465 e. The molecule has 1 N–H and O–H groups in total. The second kappa shape index (κ2) is 6.54. The van der Waals surface area contributed by atoms with E-state index in [0.717, 1.165) is 0 Å². The van der Waals surface area contributed by atoms with Crippen LogP contribution in [-0.4, -0.2) is 24.8 Å². The molecule has 0 unspecified atom stereocenters. The number of hydrogen-bond acceptors (Lipinski definition) is 4. The molecule has 0 saturated heterocycles. The summed E-state index contributed by atoms with van der Waals surface area (Å²) in [5, 5.41) is 2.64. The lowest BCUT2D eigenvalue weighted by Crippen LogP contribution is -2.12. The van der Waals surface area contributed by atoms with Crippen LogP contribution in [0.3, 0.4) is 0 Å². The fourth-order valence-electron chi connectivity index (χ4n) is 1.32. The van der Waals surface area contributed by atoms with Gasteiger partial charge in [0, 0.05) is 18.5 Å². The molecule has 0 spiro atoms. The van der Waals surface area contributed by atoms with Crippen molar-refractivity contribution in [2.45, 2.75) is 19.8 Å². The minimum Gasteiger partial charge on any atom is -0.465 e.